The fourth-order valence-electron chi connectivity index (χ4n) is 3.60. The van der Waals surface area contributed by atoms with Crippen molar-refractivity contribution in [2.24, 2.45) is 0 Å². The minimum atomic E-state index is 0. The van der Waals surface area contributed by atoms with Crippen molar-refractivity contribution < 1.29 is 0 Å². The molecule has 4 rings (SSSR count). The van der Waals surface area contributed by atoms with Crippen LogP contribution in [0.1, 0.15) is 34.5 Å². The number of halogens is 1. The van der Waals surface area contributed by atoms with E-state index in [9.17, 15) is 0 Å². The van der Waals surface area contributed by atoms with Gasteiger partial charge in [-0.15, -0.1) is 17.0 Å². The van der Waals surface area contributed by atoms with Gasteiger partial charge >= 0.3 is 0 Å². The molecule has 2 heterocycles. The third kappa shape index (κ3) is 5.71. The van der Waals surface area contributed by atoms with Crippen LogP contribution in [-0.2, 0) is 32.5 Å². The summed E-state index contributed by atoms with van der Waals surface area (Å²) in [7, 11) is 0. The van der Waals surface area contributed by atoms with Crippen molar-refractivity contribution in [3.63, 3.8) is 0 Å². The molecule has 0 fully saturated rings. The van der Waals surface area contributed by atoms with E-state index in [2.05, 4.69) is 50.9 Å². The van der Waals surface area contributed by atoms with Gasteiger partial charge in [-0.25, -0.2) is 0 Å². The van der Waals surface area contributed by atoms with Crippen LogP contribution < -0.4 is 10.6 Å². The monoisotopic (exact) mass is 438 g/mol. The Kier molecular flexibility index (Phi) is 7.71. The van der Waals surface area contributed by atoms with E-state index in [1.165, 1.54) is 28.8 Å². The summed E-state index contributed by atoms with van der Waals surface area (Å²) in [6.07, 6.45) is 7.09. The Morgan fingerprint density at radius 1 is 0.821 bits per heavy atom. The van der Waals surface area contributed by atoms with Gasteiger partial charge in [0.25, 0.3) is 0 Å². The van der Waals surface area contributed by atoms with E-state index < -0.39 is 0 Å². The Labute approximate surface area is 177 Å². The molecule has 5 heteroatoms. The van der Waals surface area contributed by atoms with Crippen LogP contribution in [-0.4, -0.2) is 16.0 Å². The normalized spacial score (nSPS) is 15.5. The maximum absolute atomic E-state index is 4.54. The van der Waals surface area contributed by atoms with Crippen LogP contribution in [0.5, 0.6) is 0 Å². The van der Waals surface area contributed by atoms with Gasteiger partial charge in [-0.2, -0.15) is 0 Å². The van der Waals surface area contributed by atoms with Gasteiger partial charge in [0.1, 0.15) is 0 Å². The SMILES string of the molecule is Br.c1ccc(CNCc2ccc(CNC3CCc4cccnc4C3)cc2)nc1. The van der Waals surface area contributed by atoms with E-state index in [-0.39, 0.29) is 17.0 Å². The number of aryl methyl sites for hydroxylation is 1. The maximum atomic E-state index is 4.54. The van der Waals surface area contributed by atoms with Crippen LogP contribution in [0.3, 0.4) is 0 Å². The molecule has 28 heavy (non-hydrogen) atoms. The molecular weight excluding hydrogens is 412 g/mol. The molecular formula is C23H27BrN4. The van der Waals surface area contributed by atoms with Crippen LogP contribution in [0.15, 0.2) is 67.0 Å². The molecule has 1 aliphatic carbocycles. The zero-order valence-corrected chi connectivity index (χ0v) is 17.7. The van der Waals surface area contributed by atoms with Crippen LogP contribution in [0.4, 0.5) is 0 Å². The number of hydrogen-bond donors (Lipinski definition) is 2. The van der Waals surface area contributed by atoms with E-state index in [0.29, 0.717) is 6.04 Å². The standard InChI is InChI=1S/C23H26N4.BrH/c1-2-12-25-22(5-1)17-24-15-18-6-8-19(9-7-18)16-27-21-11-10-20-4-3-13-26-23(20)14-21;/h1-9,12-13,21,24,27H,10-11,14-17H2;1H. The lowest BCUT2D eigenvalue weighted by atomic mass is 9.92. The Balaban J connectivity index is 0.00000225. The Morgan fingerprint density at radius 2 is 1.61 bits per heavy atom. The van der Waals surface area contributed by atoms with Crippen LogP contribution >= 0.6 is 17.0 Å². The largest absolute Gasteiger partial charge is 0.310 e. The third-order valence-electron chi connectivity index (χ3n) is 5.17. The molecule has 0 amide bonds. The van der Waals surface area contributed by atoms with E-state index in [4.69, 9.17) is 0 Å². The Bertz CT molecular complexity index is 852. The average Bonchev–Trinajstić information content (AvgIpc) is 2.74. The molecule has 1 aromatic carbocycles. The molecule has 1 unspecified atom stereocenters. The number of rotatable bonds is 7. The van der Waals surface area contributed by atoms with Crippen LogP contribution in [0.25, 0.3) is 0 Å². The predicted molar refractivity (Wildman–Crippen MR) is 118 cm³/mol. The summed E-state index contributed by atoms with van der Waals surface area (Å²) < 4.78 is 0. The summed E-state index contributed by atoms with van der Waals surface area (Å²) in [5.74, 6) is 0. The fourth-order valence-corrected chi connectivity index (χ4v) is 3.60. The molecule has 0 saturated heterocycles. The number of aromatic nitrogens is 2. The Hall–Kier alpha value is -2.08. The van der Waals surface area contributed by atoms with E-state index in [1.807, 2.05) is 36.7 Å². The van der Waals surface area contributed by atoms with Crippen LogP contribution in [0.2, 0.25) is 0 Å². The quantitative estimate of drug-likeness (QED) is 0.585. The summed E-state index contributed by atoms with van der Waals surface area (Å²) in [5.41, 5.74) is 6.37. The van der Waals surface area contributed by atoms with Crippen molar-refractivity contribution in [3.8, 4) is 0 Å². The lowest BCUT2D eigenvalue weighted by molar-refractivity contribution is 0.452. The van der Waals surface area contributed by atoms with Crippen molar-refractivity contribution in [1.82, 2.24) is 20.6 Å². The van der Waals surface area contributed by atoms with Crippen molar-refractivity contribution in [2.45, 2.75) is 44.9 Å². The summed E-state index contributed by atoms with van der Waals surface area (Å²) >= 11 is 0. The van der Waals surface area contributed by atoms with Gasteiger partial charge < -0.3 is 10.6 Å². The topological polar surface area (TPSA) is 49.8 Å². The summed E-state index contributed by atoms with van der Waals surface area (Å²) in [4.78, 5) is 8.87. The molecule has 3 aromatic rings. The summed E-state index contributed by atoms with van der Waals surface area (Å²) in [5, 5.41) is 7.14. The zero-order chi connectivity index (χ0) is 18.3. The minimum Gasteiger partial charge on any atom is -0.310 e. The molecule has 0 radical (unpaired) electrons. The molecule has 1 atom stereocenters. The van der Waals surface area contributed by atoms with Crippen molar-refractivity contribution >= 4 is 17.0 Å². The first-order chi connectivity index (χ1) is 13.4. The second kappa shape index (κ2) is 10.5. The highest BCUT2D eigenvalue weighted by molar-refractivity contribution is 8.93. The molecule has 146 valence electrons. The molecule has 2 N–H and O–H groups in total. The van der Waals surface area contributed by atoms with E-state index in [1.54, 1.807) is 0 Å². The van der Waals surface area contributed by atoms with Gasteiger partial charge in [0.15, 0.2) is 0 Å². The number of nitrogens with one attached hydrogen (secondary N) is 2. The number of pyridine rings is 2. The van der Waals surface area contributed by atoms with Gasteiger partial charge in [-0.05, 0) is 47.7 Å². The Morgan fingerprint density at radius 3 is 2.39 bits per heavy atom. The van der Waals surface area contributed by atoms with Gasteiger partial charge in [0, 0.05) is 50.2 Å². The van der Waals surface area contributed by atoms with E-state index >= 15 is 0 Å². The summed E-state index contributed by atoms with van der Waals surface area (Å²) in [6.45, 7) is 2.56. The highest BCUT2D eigenvalue weighted by atomic mass is 79.9. The van der Waals surface area contributed by atoms with E-state index in [0.717, 1.165) is 38.2 Å². The minimum absolute atomic E-state index is 0. The zero-order valence-electron chi connectivity index (χ0n) is 16.0. The fraction of sp³-hybridized carbons (Fsp3) is 0.304. The molecule has 2 aromatic heterocycles. The smallest absolute Gasteiger partial charge is 0.0541 e. The third-order valence-corrected chi connectivity index (χ3v) is 5.17. The first-order valence-electron chi connectivity index (χ1n) is 9.71. The highest BCUT2D eigenvalue weighted by Gasteiger charge is 2.18. The van der Waals surface area contributed by atoms with Crippen molar-refractivity contribution in [1.29, 1.82) is 0 Å². The lowest BCUT2D eigenvalue weighted by Crippen LogP contribution is -2.34. The first-order valence-corrected chi connectivity index (χ1v) is 9.71. The number of nitrogens with zero attached hydrogens (tertiary/aromatic N) is 2. The van der Waals surface area contributed by atoms with Crippen molar-refractivity contribution in [3.05, 3.63) is 95.1 Å². The second-order valence-corrected chi connectivity index (χ2v) is 7.17. The number of benzene rings is 1. The van der Waals surface area contributed by atoms with Gasteiger partial charge in [-0.3, -0.25) is 9.97 Å². The molecule has 0 spiro atoms. The predicted octanol–water partition coefficient (Wildman–Crippen LogP) is 3.99. The number of fused-ring (bicyclic) bond motifs is 1. The van der Waals surface area contributed by atoms with Gasteiger partial charge in [-0.1, -0.05) is 36.4 Å². The number of hydrogen-bond acceptors (Lipinski definition) is 4. The average molecular weight is 439 g/mol. The molecule has 1 aliphatic rings. The van der Waals surface area contributed by atoms with Gasteiger partial charge in [0.05, 0.1) is 5.69 Å². The molecule has 4 nitrogen and oxygen atoms in total. The first kappa shape index (κ1) is 20.6. The van der Waals surface area contributed by atoms with Gasteiger partial charge in [0.2, 0.25) is 0 Å². The molecule has 0 saturated carbocycles. The highest BCUT2D eigenvalue weighted by Crippen LogP contribution is 2.19. The van der Waals surface area contributed by atoms with Crippen LogP contribution in [0, 0.1) is 0 Å². The maximum Gasteiger partial charge on any atom is 0.0541 e. The molecule has 0 aliphatic heterocycles. The summed E-state index contributed by atoms with van der Waals surface area (Å²) in [6, 6.07) is 19.6. The van der Waals surface area contributed by atoms with Crippen molar-refractivity contribution in [2.75, 3.05) is 0 Å². The lowest BCUT2D eigenvalue weighted by Gasteiger charge is -2.24. The molecule has 0 bridgehead atoms. The second-order valence-electron chi connectivity index (χ2n) is 7.17.